The van der Waals surface area contributed by atoms with E-state index in [9.17, 15) is 14.0 Å². The Bertz CT molecular complexity index is 439. The number of nitrogens with zero attached hydrogens (tertiary/aromatic N) is 1. The van der Waals surface area contributed by atoms with Crippen molar-refractivity contribution in [2.75, 3.05) is 39.3 Å². The van der Waals surface area contributed by atoms with Crippen LogP contribution in [-0.2, 0) is 9.59 Å². The van der Waals surface area contributed by atoms with E-state index < -0.39 is 18.0 Å². The van der Waals surface area contributed by atoms with Gasteiger partial charge in [-0.25, -0.2) is 10.2 Å². The van der Waals surface area contributed by atoms with Gasteiger partial charge in [-0.15, -0.1) is 0 Å². The number of unbranched alkanes of at least 4 members (excludes halogenated alkanes) is 6. The van der Waals surface area contributed by atoms with Crippen LogP contribution < -0.4 is 33.0 Å². The lowest BCUT2D eigenvalue weighted by Crippen LogP contribution is -2.43. The number of halogens is 1. The summed E-state index contributed by atoms with van der Waals surface area (Å²) in [6.45, 7) is 3.86. The molecule has 0 radical (unpaired) electrons. The number of nitrogens with one attached hydrogen (secondary N) is 4. The highest BCUT2D eigenvalue weighted by Crippen LogP contribution is 2.05. The van der Waals surface area contributed by atoms with Crippen LogP contribution in [0.3, 0.4) is 0 Å². The van der Waals surface area contributed by atoms with Crippen molar-refractivity contribution in [1.82, 2.24) is 21.4 Å². The predicted molar refractivity (Wildman–Crippen MR) is 115 cm³/mol. The molecule has 0 saturated carbocycles. The number of rotatable bonds is 20. The van der Waals surface area contributed by atoms with Gasteiger partial charge >= 0.3 is 0 Å². The zero-order valence-corrected chi connectivity index (χ0v) is 17.6. The third kappa shape index (κ3) is 18.0. The number of hydrogen-bond donors (Lipinski definition) is 6. The highest BCUT2D eigenvalue weighted by Gasteiger charge is 2.24. The Hall–Kier alpha value is -1.78. The van der Waals surface area contributed by atoms with E-state index in [1.807, 2.05) is 0 Å². The Morgan fingerprint density at radius 3 is 1.97 bits per heavy atom. The smallest absolute Gasteiger partial charge is 0.264 e. The molecule has 0 spiro atoms. The summed E-state index contributed by atoms with van der Waals surface area (Å²) in [4.78, 5) is 27.4. The molecule has 0 aromatic heterocycles. The fourth-order valence-corrected chi connectivity index (χ4v) is 2.60. The van der Waals surface area contributed by atoms with Gasteiger partial charge in [-0.05, 0) is 51.7 Å². The number of hydrogen-bond acceptors (Lipinski definition) is 6. The lowest BCUT2D eigenvalue weighted by Gasteiger charge is -2.10. The van der Waals surface area contributed by atoms with Crippen LogP contribution in [0.25, 0.3) is 0 Å². The van der Waals surface area contributed by atoms with Crippen molar-refractivity contribution in [3.63, 3.8) is 0 Å². The second-order valence-corrected chi connectivity index (χ2v) is 6.87. The fourth-order valence-electron chi connectivity index (χ4n) is 2.60. The van der Waals surface area contributed by atoms with Crippen LogP contribution in [0.15, 0.2) is 4.99 Å². The first-order valence-electron chi connectivity index (χ1n) is 10.7. The average molecular weight is 418 g/mol. The summed E-state index contributed by atoms with van der Waals surface area (Å²) in [5.41, 5.74) is 7.75. The third-order valence-corrected chi connectivity index (χ3v) is 4.28. The van der Waals surface area contributed by atoms with Gasteiger partial charge in [0.15, 0.2) is 0 Å². The number of amides is 2. The Kier molecular flexibility index (Phi) is 19.7. The average Bonchev–Trinajstić information content (AvgIpc) is 2.73. The molecule has 1 unspecified atom stereocenters. The van der Waals surface area contributed by atoms with Gasteiger partial charge in [0, 0.05) is 19.6 Å². The Morgan fingerprint density at radius 2 is 1.34 bits per heavy atom. The van der Waals surface area contributed by atoms with E-state index in [1.54, 1.807) is 0 Å². The monoisotopic (exact) mass is 417 g/mol. The van der Waals surface area contributed by atoms with E-state index >= 15 is 0 Å². The van der Waals surface area contributed by atoms with E-state index in [0.717, 1.165) is 77.4 Å². The van der Waals surface area contributed by atoms with Crippen LogP contribution in [0.4, 0.5) is 4.39 Å². The van der Waals surface area contributed by atoms with Crippen LogP contribution in [0.5, 0.6) is 0 Å². The topological polar surface area (TPSA) is 147 Å². The summed E-state index contributed by atoms with van der Waals surface area (Å²) in [6, 6.07) is 0. The largest absolute Gasteiger partial charge is 0.353 e. The normalized spacial score (nSPS) is 12.1. The molecule has 29 heavy (non-hydrogen) atoms. The molecular weight excluding hydrogens is 377 g/mol. The molecule has 0 aliphatic rings. The molecule has 1 atom stereocenters. The summed E-state index contributed by atoms with van der Waals surface area (Å²) in [7, 11) is 0. The first-order chi connectivity index (χ1) is 14.1. The van der Waals surface area contributed by atoms with E-state index in [1.165, 1.54) is 6.34 Å². The van der Waals surface area contributed by atoms with Crippen LogP contribution in [-0.4, -0.2) is 63.6 Å². The van der Waals surface area contributed by atoms with Gasteiger partial charge < -0.3 is 27.1 Å². The first-order valence-corrected chi connectivity index (χ1v) is 10.7. The Labute approximate surface area is 174 Å². The minimum absolute atomic E-state index is 0.360. The van der Waals surface area contributed by atoms with Crippen molar-refractivity contribution < 1.29 is 14.0 Å². The minimum Gasteiger partial charge on any atom is -0.353 e. The number of hydrazine groups is 1. The molecule has 0 bridgehead atoms. The molecule has 0 rings (SSSR count). The van der Waals surface area contributed by atoms with Crippen LogP contribution in [0.1, 0.15) is 57.8 Å². The highest BCUT2D eigenvalue weighted by molar-refractivity contribution is 6.03. The molecule has 10 heteroatoms. The summed E-state index contributed by atoms with van der Waals surface area (Å²) in [5, 5.41) is 8.18. The number of nitrogens with two attached hydrogens (primary N) is 2. The van der Waals surface area contributed by atoms with Gasteiger partial charge in [0.1, 0.15) is 0 Å². The second-order valence-electron chi connectivity index (χ2n) is 6.87. The molecule has 0 aromatic rings. The van der Waals surface area contributed by atoms with E-state index in [0.29, 0.717) is 19.6 Å². The van der Waals surface area contributed by atoms with E-state index in [4.69, 9.17) is 11.6 Å². The van der Waals surface area contributed by atoms with Crippen molar-refractivity contribution in [2.24, 2.45) is 16.6 Å². The van der Waals surface area contributed by atoms with Crippen LogP contribution in [0.2, 0.25) is 0 Å². The highest BCUT2D eigenvalue weighted by atomic mass is 19.1. The lowest BCUT2D eigenvalue weighted by atomic mass is 10.1. The molecular formula is C19H40FN7O2. The maximum atomic E-state index is 13.8. The SMILES string of the molecule is NCCCNCCCCNC(=O)C(F)C(=O)NCCCCCCCCN=CNN. The van der Waals surface area contributed by atoms with E-state index in [-0.39, 0.29) is 0 Å². The van der Waals surface area contributed by atoms with Crippen molar-refractivity contribution in [1.29, 1.82) is 0 Å². The molecule has 0 aliphatic carbocycles. The maximum Gasteiger partial charge on any atom is 0.264 e. The summed E-state index contributed by atoms with van der Waals surface area (Å²) < 4.78 is 13.8. The lowest BCUT2D eigenvalue weighted by molar-refractivity contribution is -0.136. The van der Waals surface area contributed by atoms with Gasteiger partial charge in [-0.2, -0.15) is 0 Å². The van der Waals surface area contributed by atoms with E-state index in [2.05, 4.69) is 26.4 Å². The predicted octanol–water partition coefficient (Wildman–Crippen LogP) is 0.108. The van der Waals surface area contributed by atoms with Gasteiger partial charge in [0.2, 0.25) is 0 Å². The number of carbonyl (C=O) groups excluding carboxylic acids is 2. The van der Waals surface area contributed by atoms with Gasteiger partial charge in [-0.1, -0.05) is 25.7 Å². The minimum atomic E-state index is -2.15. The zero-order chi connectivity index (χ0) is 21.6. The summed E-state index contributed by atoms with van der Waals surface area (Å²) >= 11 is 0. The fraction of sp³-hybridized carbons (Fsp3) is 0.842. The molecule has 0 aromatic carbocycles. The zero-order valence-electron chi connectivity index (χ0n) is 17.6. The molecule has 0 fully saturated rings. The Balaban J connectivity index is 3.53. The van der Waals surface area contributed by atoms with Gasteiger partial charge in [-0.3, -0.25) is 14.6 Å². The van der Waals surface area contributed by atoms with Crippen LogP contribution >= 0.6 is 0 Å². The molecule has 0 saturated heterocycles. The number of alkyl halides is 1. The van der Waals surface area contributed by atoms with Crippen molar-refractivity contribution in [3.05, 3.63) is 0 Å². The van der Waals surface area contributed by atoms with Crippen LogP contribution in [0, 0.1) is 0 Å². The first kappa shape index (κ1) is 27.2. The van der Waals surface area contributed by atoms with Gasteiger partial charge in [0.05, 0.1) is 6.34 Å². The van der Waals surface area contributed by atoms with Crippen molar-refractivity contribution >= 4 is 18.2 Å². The maximum absolute atomic E-state index is 13.8. The van der Waals surface area contributed by atoms with Crippen molar-refractivity contribution in [2.45, 2.75) is 64.0 Å². The number of carbonyl (C=O) groups is 2. The Morgan fingerprint density at radius 1 is 0.828 bits per heavy atom. The quantitative estimate of drug-likeness (QED) is 0.0414. The second kappa shape index (κ2) is 20.9. The van der Waals surface area contributed by atoms with Crippen molar-refractivity contribution in [3.8, 4) is 0 Å². The molecule has 0 aliphatic heterocycles. The molecule has 8 N–H and O–H groups in total. The summed E-state index contributed by atoms with van der Waals surface area (Å²) in [6.07, 6.45) is 7.82. The third-order valence-electron chi connectivity index (χ3n) is 4.28. The van der Waals surface area contributed by atoms with Gasteiger partial charge in [0.25, 0.3) is 18.0 Å². The molecule has 0 heterocycles. The standard InChI is InChI=1S/C19H40FN7O2/c20-17(19(29)26-15-8-7-11-23-13-9-10-21)18(28)25-14-6-4-2-1-3-5-12-24-16-27-22/h16-17,23H,1-15,21-22H2,(H,24,27)(H,25,28)(H,26,29). The summed E-state index contributed by atoms with van der Waals surface area (Å²) in [5.74, 6) is 3.33. The molecule has 2 amide bonds. The number of aliphatic imine (C=N–C) groups is 1. The molecule has 9 nitrogen and oxygen atoms in total. The molecule has 170 valence electrons.